The summed E-state index contributed by atoms with van der Waals surface area (Å²) in [6.45, 7) is 2.06. The molecule has 0 unspecified atom stereocenters. The number of carbonyl (C=O) groups excluding carboxylic acids is 4. The molecule has 0 spiro atoms. The van der Waals surface area contributed by atoms with Crippen molar-refractivity contribution < 1.29 is 23.9 Å². The quantitative estimate of drug-likeness (QED) is 0.241. The number of nitrogens with one attached hydrogen (secondary N) is 2. The second kappa shape index (κ2) is 12.2. The fourth-order valence-corrected chi connectivity index (χ4v) is 6.49. The van der Waals surface area contributed by atoms with Crippen LogP contribution in [0.4, 0.5) is 5.69 Å². The lowest BCUT2D eigenvalue weighted by atomic mass is 9.93. The lowest BCUT2D eigenvalue weighted by Crippen LogP contribution is -2.55. The maximum Gasteiger partial charge on any atom is 0.330 e. The largest absolute Gasteiger partial charge is 0.463 e. The molecule has 42 heavy (non-hydrogen) atoms. The molecule has 3 aromatic rings. The van der Waals surface area contributed by atoms with Crippen molar-refractivity contribution in [3.63, 3.8) is 0 Å². The van der Waals surface area contributed by atoms with Gasteiger partial charge in [-0.25, -0.2) is 4.79 Å². The summed E-state index contributed by atoms with van der Waals surface area (Å²) in [5.74, 6) is -1.20. The van der Waals surface area contributed by atoms with Crippen molar-refractivity contribution in [3.05, 3.63) is 70.9 Å². The van der Waals surface area contributed by atoms with Crippen LogP contribution in [0.25, 0.3) is 17.0 Å². The van der Waals surface area contributed by atoms with Crippen LogP contribution in [-0.4, -0.2) is 40.4 Å². The number of hydrogen-bond acceptors (Lipinski definition) is 5. The molecule has 2 fully saturated rings. The van der Waals surface area contributed by atoms with Gasteiger partial charge in [-0.1, -0.05) is 43.9 Å². The molecule has 0 atom stereocenters. The fraction of sp³-hybridized carbons (Fsp3) is 0.394. The number of primary amides is 1. The standard InChI is InChI=1S/C33H38N4O5/c1-3-42-27(38)17-12-21-10-14-24(15-11-21)35-32(41)33(18-6-7-19-33)36-31(40)23-13-16-25-26(20-23)37(2)29(30(34)39)28(25)22-8-4-5-9-22/h10-17,20,22H,3-9,18-19H2,1-2H3,(H2,34,39)(H,35,41)(H,36,40). The minimum atomic E-state index is -1.03. The van der Waals surface area contributed by atoms with Gasteiger partial charge in [-0.3, -0.25) is 14.4 Å². The average Bonchev–Trinajstić information content (AvgIpc) is 3.73. The highest BCUT2D eigenvalue weighted by atomic mass is 16.5. The van der Waals surface area contributed by atoms with Crippen molar-refractivity contribution in [2.24, 2.45) is 12.8 Å². The Bertz CT molecular complexity index is 1540. The highest BCUT2D eigenvalue weighted by molar-refractivity contribution is 6.07. The molecular weight excluding hydrogens is 532 g/mol. The smallest absolute Gasteiger partial charge is 0.330 e. The van der Waals surface area contributed by atoms with Gasteiger partial charge in [0.15, 0.2) is 0 Å². The highest BCUT2D eigenvalue weighted by Gasteiger charge is 2.42. The van der Waals surface area contributed by atoms with Gasteiger partial charge >= 0.3 is 5.97 Å². The van der Waals surface area contributed by atoms with E-state index in [0.717, 1.165) is 60.6 Å². The molecule has 1 aromatic heterocycles. The van der Waals surface area contributed by atoms with Crippen LogP contribution in [0.5, 0.6) is 0 Å². The van der Waals surface area contributed by atoms with Crippen molar-refractivity contribution in [3.8, 4) is 0 Å². The Hall–Kier alpha value is -4.40. The molecule has 0 radical (unpaired) electrons. The number of carbonyl (C=O) groups is 4. The van der Waals surface area contributed by atoms with E-state index >= 15 is 0 Å². The molecule has 3 amide bonds. The molecule has 9 nitrogen and oxygen atoms in total. The van der Waals surface area contributed by atoms with E-state index in [1.807, 2.05) is 13.1 Å². The van der Waals surface area contributed by atoms with Crippen molar-refractivity contribution in [1.29, 1.82) is 0 Å². The molecule has 0 saturated heterocycles. The van der Waals surface area contributed by atoms with Crippen LogP contribution in [0.1, 0.15) is 96.2 Å². The van der Waals surface area contributed by atoms with E-state index in [9.17, 15) is 19.2 Å². The molecule has 1 heterocycles. The zero-order valence-electron chi connectivity index (χ0n) is 24.2. The van der Waals surface area contributed by atoms with Crippen LogP contribution >= 0.6 is 0 Å². The van der Waals surface area contributed by atoms with E-state index < -0.39 is 17.4 Å². The maximum atomic E-state index is 13.6. The first-order chi connectivity index (χ1) is 20.2. The second-order valence-corrected chi connectivity index (χ2v) is 11.3. The minimum Gasteiger partial charge on any atom is -0.463 e. The molecule has 0 aliphatic heterocycles. The van der Waals surface area contributed by atoms with Gasteiger partial charge in [-0.05, 0) is 80.0 Å². The Kier molecular flexibility index (Phi) is 8.47. The molecule has 220 valence electrons. The molecule has 0 bridgehead atoms. The number of anilines is 1. The highest BCUT2D eigenvalue weighted by Crippen LogP contribution is 2.41. The summed E-state index contributed by atoms with van der Waals surface area (Å²) >= 11 is 0. The van der Waals surface area contributed by atoms with Crippen LogP contribution < -0.4 is 16.4 Å². The maximum absolute atomic E-state index is 13.6. The molecule has 5 rings (SSSR count). The zero-order chi connectivity index (χ0) is 29.9. The average molecular weight is 571 g/mol. The van der Waals surface area contributed by atoms with Crippen molar-refractivity contribution in [1.82, 2.24) is 9.88 Å². The van der Waals surface area contributed by atoms with Gasteiger partial charge in [0.1, 0.15) is 11.2 Å². The molecule has 2 aliphatic rings. The number of aryl methyl sites for hydroxylation is 1. The Morgan fingerprint density at radius 2 is 1.71 bits per heavy atom. The van der Waals surface area contributed by atoms with E-state index in [2.05, 4.69) is 10.6 Å². The van der Waals surface area contributed by atoms with Gasteiger partial charge in [0, 0.05) is 35.3 Å². The molecule has 2 aliphatic carbocycles. The predicted molar refractivity (Wildman–Crippen MR) is 162 cm³/mol. The lowest BCUT2D eigenvalue weighted by molar-refractivity contribution is -0.137. The summed E-state index contributed by atoms with van der Waals surface area (Å²) in [5.41, 5.74) is 8.85. The number of ether oxygens (including phenoxy) is 1. The first-order valence-corrected chi connectivity index (χ1v) is 14.7. The van der Waals surface area contributed by atoms with Crippen LogP contribution in [-0.2, 0) is 21.4 Å². The van der Waals surface area contributed by atoms with Crippen LogP contribution in [0, 0.1) is 0 Å². The first-order valence-electron chi connectivity index (χ1n) is 14.7. The van der Waals surface area contributed by atoms with E-state index in [1.165, 1.54) is 6.08 Å². The third-order valence-corrected chi connectivity index (χ3v) is 8.61. The molecule has 2 saturated carbocycles. The minimum absolute atomic E-state index is 0.261. The Labute approximate surface area is 245 Å². The summed E-state index contributed by atoms with van der Waals surface area (Å²) < 4.78 is 6.70. The second-order valence-electron chi connectivity index (χ2n) is 11.3. The van der Waals surface area contributed by atoms with Gasteiger partial charge in [0.05, 0.1) is 6.61 Å². The van der Waals surface area contributed by atoms with Crippen LogP contribution in [0.3, 0.4) is 0 Å². The summed E-state index contributed by atoms with van der Waals surface area (Å²) in [7, 11) is 1.81. The monoisotopic (exact) mass is 570 g/mol. The normalized spacial score (nSPS) is 16.6. The van der Waals surface area contributed by atoms with Crippen LogP contribution in [0.15, 0.2) is 48.5 Å². The number of aromatic nitrogens is 1. The first kappa shape index (κ1) is 29.1. The lowest BCUT2D eigenvalue weighted by Gasteiger charge is -2.29. The van der Waals surface area contributed by atoms with E-state index in [4.69, 9.17) is 10.5 Å². The Balaban J connectivity index is 1.34. The van der Waals surface area contributed by atoms with Gasteiger partial charge in [-0.2, -0.15) is 0 Å². The summed E-state index contributed by atoms with van der Waals surface area (Å²) in [6, 6.07) is 12.6. The number of hydrogen-bond donors (Lipinski definition) is 3. The van der Waals surface area contributed by atoms with Gasteiger partial charge in [0.25, 0.3) is 11.8 Å². The van der Waals surface area contributed by atoms with Gasteiger partial charge in [0.2, 0.25) is 5.91 Å². The van der Waals surface area contributed by atoms with E-state index in [1.54, 1.807) is 54.0 Å². The molecule has 2 aromatic carbocycles. The number of fused-ring (bicyclic) bond motifs is 1. The summed E-state index contributed by atoms with van der Waals surface area (Å²) in [4.78, 5) is 51.1. The van der Waals surface area contributed by atoms with Crippen molar-refractivity contribution in [2.75, 3.05) is 11.9 Å². The number of benzene rings is 2. The van der Waals surface area contributed by atoms with Crippen molar-refractivity contribution >= 4 is 46.4 Å². The zero-order valence-corrected chi connectivity index (χ0v) is 24.2. The molecule has 4 N–H and O–H groups in total. The van der Waals surface area contributed by atoms with Gasteiger partial charge in [-0.15, -0.1) is 0 Å². The molecular formula is C33H38N4O5. The third-order valence-electron chi connectivity index (χ3n) is 8.61. The van der Waals surface area contributed by atoms with E-state index in [-0.39, 0.29) is 17.7 Å². The predicted octanol–water partition coefficient (Wildman–Crippen LogP) is 5.19. The SMILES string of the molecule is CCOC(=O)C=Cc1ccc(NC(=O)C2(NC(=O)c3ccc4c(C5CCCC5)c(C(N)=O)n(C)c4c3)CCCC2)cc1. The Morgan fingerprint density at radius 1 is 1.02 bits per heavy atom. The number of nitrogens with two attached hydrogens (primary N) is 1. The van der Waals surface area contributed by atoms with Crippen molar-refractivity contribution in [2.45, 2.75) is 69.7 Å². The van der Waals surface area contributed by atoms with Gasteiger partial charge < -0.3 is 25.7 Å². The third kappa shape index (κ3) is 5.82. The van der Waals surface area contributed by atoms with E-state index in [0.29, 0.717) is 36.4 Å². The van der Waals surface area contributed by atoms with Crippen LogP contribution in [0.2, 0.25) is 0 Å². The Morgan fingerprint density at radius 3 is 2.36 bits per heavy atom. The number of esters is 1. The fourth-order valence-electron chi connectivity index (χ4n) is 6.49. The summed E-state index contributed by atoms with van der Waals surface area (Å²) in [5, 5.41) is 6.96. The topological polar surface area (TPSA) is 133 Å². The number of amides is 3. The summed E-state index contributed by atoms with van der Waals surface area (Å²) in [6.07, 6.45) is 10.0. The molecule has 9 heteroatoms. The number of rotatable bonds is 9. The number of nitrogens with zero attached hydrogens (tertiary/aromatic N) is 1.